The lowest BCUT2D eigenvalue weighted by atomic mass is 9.88. The van der Waals surface area contributed by atoms with Crippen LogP contribution < -0.4 is 21.3 Å². The third-order valence-electron chi connectivity index (χ3n) is 7.49. The molecule has 5 N–H and O–H groups in total. The van der Waals surface area contributed by atoms with Crippen LogP contribution in [0.25, 0.3) is 10.2 Å². The van der Waals surface area contributed by atoms with Crippen molar-refractivity contribution in [3.05, 3.63) is 47.6 Å². The fourth-order valence-electron chi connectivity index (χ4n) is 5.69. The van der Waals surface area contributed by atoms with Gasteiger partial charge in [-0.1, -0.05) is 12.2 Å². The summed E-state index contributed by atoms with van der Waals surface area (Å²) < 4.78 is 15.9. The van der Waals surface area contributed by atoms with Gasteiger partial charge in [0.2, 0.25) is 11.9 Å². The van der Waals surface area contributed by atoms with Gasteiger partial charge in [0, 0.05) is 37.9 Å². The van der Waals surface area contributed by atoms with Crippen LogP contribution in [-0.4, -0.2) is 64.2 Å². The Hall–Kier alpha value is -3.93. The van der Waals surface area contributed by atoms with Gasteiger partial charge in [0.05, 0.1) is 21.8 Å². The van der Waals surface area contributed by atoms with Gasteiger partial charge in [0.25, 0.3) is 0 Å². The highest BCUT2D eigenvalue weighted by Crippen LogP contribution is 2.45. The second kappa shape index (κ2) is 9.18. The van der Waals surface area contributed by atoms with E-state index >= 15 is 4.39 Å². The zero-order chi connectivity index (χ0) is 25.7. The number of hydrogen-bond donors (Lipinski definition) is 4. The predicted octanol–water partition coefficient (Wildman–Crippen LogP) is 3.46. The first kappa shape index (κ1) is 23.5. The molecule has 12 heteroatoms. The molecule has 2 amide bonds. The molecule has 0 spiro atoms. The van der Waals surface area contributed by atoms with Crippen LogP contribution in [0.1, 0.15) is 6.42 Å². The molecule has 2 aromatic heterocycles. The van der Waals surface area contributed by atoms with Crippen LogP contribution in [0.4, 0.5) is 32.3 Å². The van der Waals surface area contributed by atoms with Crippen LogP contribution in [0, 0.1) is 23.6 Å². The first-order chi connectivity index (χ1) is 17.9. The molecule has 2 aliphatic carbocycles. The van der Waals surface area contributed by atoms with Gasteiger partial charge in [0.1, 0.15) is 11.6 Å². The topological polar surface area (TPSA) is 137 Å². The Morgan fingerprint density at radius 2 is 1.89 bits per heavy atom. The Morgan fingerprint density at radius 3 is 2.62 bits per heavy atom. The summed E-state index contributed by atoms with van der Waals surface area (Å²) in [5, 5.41) is 17.6. The van der Waals surface area contributed by atoms with E-state index < -0.39 is 11.9 Å². The SMILES string of the molecule is NC(=O)[C@@H]1C2C=CC(C2)[C@H]1Nc1nc(Nc2ccc(N3CCN(C(=O)O)CC3)c(F)c2)nc2ccsc12. The van der Waals surface area contributed by atoms with E-state index in [1.165, 1.54) is 22.3 Å². The molecule has 192 valence electrons. The molecule has 0 radical (unpaired) electrons. The second-order valence-corrected chi connectivity index (χ2v) is 10.5. The standard InChI is InChI=1S/C25H26FN7O3S/c26-16-12-15(3-4-18(16)32-6-8-33(9-7-32)25(35)36)28-24-29-17-5-10-37-21(17)23(31-24)30-20-14-2-1-13(11-14)19(20)22(27)34/h1-5,10,12-14,19-20H,6-9,11H2,(H2,27,34)(H,35,36)(H2,28,29,30,31)/t13?,14?,19-,20-/m1/s1. The number of carbonyl (C=O) groups excluding carboxylic acids is 1. The van der Waals surface area contributed by atoms with Gasteiger partial charge in [-0.2, -0.15) is 4.98 Å². The van der Waals surface area contributed by atoms with Crippen LogP contribution in [0.3, 0.4) is 0 Å². The summed E-state index contributed by atoms with van der Waals surface area (Å²) in [4.78, 5) is 35.7. The van der Waals surface area contributed by atoms with E-state index in [1.54, 1.807) is 12.1 Å². The van der Waals surface area contributed by atoms with Crippen molar-refractivity contribution in [1.82, 2.24) is 14.9 Å². The van der Waals surface area contributed by atoms with Crippen LogP contribution in [0.15, 0.2) is 41.8 Å². The van der Waals surface area contributed by atoms with Crippen molar-refractivity contribution < 1.29 is 19.1 Å². The molecule has 3 heterocycles. The molecule has 4 atom stereocenters. The first-order valence-electron chi connectivity index (χ1n) is 12.2. The van der Waals surface area contributed by atoms with Gasteiger partial charge in [0.15, 0.2) is 0 Å². The summed E-state index contributed by atoms with van der Waals surface area (Å²) in [6, 6.07) is 6.57. The molecule has 2 fully saturated rings. The molecule has 1 saturated carbocycles. The number of hydrogen-bond acceptors (Lipinski definition) is 8. The zero-order valence-corrected chi connectivity index (χ0v) is 20.6. The van der Waals surface area contributed by atoms with Gasteiger partial charge < -0.3 is 31.3 Å². The van der Waals surface area contributed by atoms with E-state index in [9.17, 15) is 9.59 Å². The smallest absolute Gasteiger partial charge is 0.407 e. The molecule has 10 nitrogen and oxygen atoms in total. The molecule has 2 unspecified atom stereocenters. The van der Waals surface area contributed by atoms with E-state index in [2.05, 4.69) is 32.8 Å². The van der Waals surface area contributed by atoms with Crippen LogP contribution >= 0.6 is 11.3 Å². The van der Waals surface area contributed by atoms with Gasteiger partial charge in [-0.3, -0.25) is 4.79 Å². The minimum atomic E-state index is -0.960. The number of carboxylic acid groups (broad SMARTS) is 1. The largest absolute Gasteiger partial charge is 0.465 e. The Morgan fingerprint density at radius 1 is 1.11 bits per heavy atom. The lowest BCUT2D eigenvalue weighted by molar-refractivity contribution is -0.122. The molecule has 37 heavy (non-hydrogen) atoms. The van der Waals surface area contributed by atoms with Crippen molar-refractivity contribution in [3.63, 3.8) is 0 Å². The van der Waals surface area contributed by atoms with Crippen molar-refractivity contribution in [1.29, 1.82) is 0 Å². The van der Waals surface area contributed by atoms with E-state index in [1.807, 2.05) is 16.3 Å². The highest BCUT2D eigenvalue weighted by atomic mass is 32.1. The monoisotopic (exact) mass is 523 g/mol. The maximum Gasteiger partial charge on any atom is 0.407 e. The fraction of sp³-hybridized carbons (Fsp3) is 0.360. The van der Waals surface area contributed by atoms with Crippen molar-refractivity contribution in [2.45, 2.75) is 12.5 Å². The molecular weight excluding hydrogens is 497 g/mol. The van der Waals surface area contributed by atoms with Crippen molar-refractivity contribution in [3.8, 4) is 0 Å². The number of nitrogens with zero attached hydrogens (tertiary/aromatic N) is 4. The number of fused-ring (bicyclic) bond motifs is 3. The summed E-state index contributed by atoms with van der Waals surface area (Å²) in [6.07, 6.45) is 4.15. The van der Waals surface area contributed by atoms with Gasteiger partial charge in [-0.25, -0.2) is 14.2 Å². The maximum absolute atomic E-state index is 15.0. The Labute approximate surface area is 216 Å². The molecule has 1 saturated heterocycles. The number of thiophene rings is 1. The number of piperazine rings is 1. The number of nitrogens with two attached hydrogens (primary N) is 1. The average molecular weight is 524 g/mol. The number of rotatable bonds is 6. The third-order valence-corrected chi connectivity index (χ3v) is 8.40. The highest BCUT2D eigenvalue weighted by molar-refractivity contribution is 7.17. The molecule has 6 rings (SSSR count). The van der Waals surface area contributed by atoms with Crippen molar-refractivity contribution in [2.24, 2.45) is 23.5 Å². The van der Waals surface area contributed by atoms with Crippen molar-refractivity contribution in [2.75, 3.05) is 41.7 Å². The molecule has 1 aromatic carbocycles. The van der Waals surface area contributed by atoms with E-state index in [4.69, 9.17) is 10.8 Å². The second-order valence-electron chi connectivity index (χ2n) is 9.63. The van der Waals surface area contributed by atoms with Gasteiger partial charge in [-0.15, -0.1) is 11.3 Å². The minimum Gasteiger partial charge on any atom is -0.465 e. The number of aromatic nitrogens is 2. The summed E-state index contributed by atoms with van der Waals surface area (Å²) in [5.74, 6) is 0.258. The van der Waals surface area contributed by atoms with Gasteiger partial charge in [-0.05, 0) is 47.9 Å². The molecular formula is C25H26FN7O3S. The Kier molecular flexibility index (Phi) is 5.82. The zero-order valence-electron chi connectivity index (χ0n) is 19.8. The fourth-order valence-corrected chi connectivity index (χ4v) is 6.47. The number of nitrogens with one attached hydrogen (secondary N) is 2. The lowest BCUT2D eigenvalue weighted by Crippen LogP contribution is -2.48. The predicted molar refractivity (Wildman–Crippen MR) is 140 cm³/mol. The molecule has 3 aliphatic rings. The van der Waals surface area contributed by atoms with Crippen molar-refractivity contribution >= 4 is 56.7 Å². The minimum absolute atomic E-state index is 0.140. The van der Waals surface area contributed by atoms with Gasteiger partial charge >= 0.3 is 6.09 Å². The number of halogens is 1. The molecule has 2 bridgehead atoms. The summed E-state index contributed by atoms with van der Waals surface area (Å²) in [5.41, 5.74) is 7.39. The normalized spacial score (nSPS) is 24.6. The molecule has 1 aliphatic heterocycles. The quantitative estimate of drug-likeness (QED) is 0.361. The number of amides is 2. The Balaban J connectivity index is 1.22. The van der Waals surface area contributed by atoms with Crippen LogP contribution in [-0.2, 0) is 4.79 Å². The van der Waals surface area contributed by atoms with E-state index in [-0.39, 0.29) is 29.7 Å². The summed E-state index contributed by atoms with van der Waals surface area (Å²) >= 11 is 1.51. The van der Waals surface area contributed by atoms with E-state index in [0.29, 0.717) is 49.3 Å². The van der Waals surface area contributed by atoms with E-state index in [0.717, 1.165) is 16.6 Å². The average Bonchev–Trinajstić information content (AvgIpc) is 3.61. The molecule has 3 aromatic rings. The van der Waals surface area contributed by atoms with Crippen LogP contribution in [0.5, 0.6) is 0 Å². The highest BCUT2D eigenvalue weighted by Gasteiger charge is 2.47. The lowest BCUT2D eigenvalue weighted by Gasteiger charge is -2.34. The Bertz CT molecular complexity index is 1400. The maximum atomic E-state index is 15.0. The summed E-state index contributed by atoms with van der Waals surface area (Å²) in [7, 11) is 0. The number of carbonyl (C=O) groups is 2. The third kappa shape index (κ3) is 4.31. The van der Waals surface area contributed by atoms with Crippen LogP contribution in [0.2, 0.25) is 0 Å². The first-order valence-corrected chi connectivity index (χ1v) is 13.0. The number of allylic oxidation sites excluding steroid dienone is 1. The number of anilines is 4. The summed E-state index contributed by atoms with van der Waals surface area (Å²) in [6.45, 7) is 1.50. The number of primary amides is 1. The number of benzene rings is 1.